The molecule has 3 aliphatic heterocycles. The van der Waals surface area contributed by atoms with Gasteiger partial charge in [0, 0.05) is 51.9 Å². The molecule has 1 aromatic rings. The Hall–Kier alpha value is -1.96. The van der Waals surface area contributed by atoms with E-state index in [4.69, 9.17) is 0 Å². The van der Waals surface area contributed by atoms with Crippen LogP contribution in [0.25, 0.3) is 0 Å². The molecule has 8 heteroatoms. The van der Waals surface area contributed by atoms with Crippen molar-refractivity contribution in [2.24, 2.45) is 11.8 Å². The maximum atomic E-state index is 12.8. The second kappa shape index (κ2) is 6.74. The molecule has 0 spiro atoms. The highest BCUT2D eigenvalue weighted by atomic mass is 16.2. The van der Waals surface area contributed by atoms with E-state index in [9.17, 15) is 9.59 Å². The minimum Gasteiger partial charge on any atom is -0.342 e. The van der Waals surface area contributed by atoms with Crippen LogP contribution in [-0.4, -0.2) is 87.3 Å². The Morgan fingerprint density at radius 2 is 2.00 bits per heavy atom. The van der Waals surface area contributed by atoms with Gasteiger partial charge in [0.05, 0.1) is 18.2 Å². The number of carbonyl (C=O) groups excluding carboxylic acids is 2. The van der Waals surface area contributed by atoms with Crippen molar-refractivity contribution in [2.75, 3.05) is 39.8 Å². The van der Waals surface area contributed by atoms with Crippen LogP contribution in [-0.2, 0) is 16.1 Å². The van der Waals surface area contributed by atoms with Gasteiger partial charge in [-0.25, -0.2) is 0 Å². The zero-order chi connectivity index (χ0) is 17.4. The third kappa shape index (κ3) is 3.40. The van der Waals surface area contributed by atoms with Crippen LogP contribution < -0.4 is 0 Å². The number of piperidine rings is 1. The van der Waals surface area contributed by atoms with Gasteiger partial charge in [-0.3, -0.25) is 14.3 Å². The average molecular weight is 346 g/mol. The number of rotatable bonds is 4. The monoisotopic (exact) mass is 346 g/mol. The molecule has 136 valence electrons. The van der Waals surface area contributed by atoms with Crippen molar-refractivity contribution >= 4 is 11.8 Å². The fraction of sp³-hybridized carbons (Fsp3) is 0.765. The van der Waals surface area contributed by atoms with E-state index in [2.05, 4.69) is 22.3 Å². The van der Waals surface area contributed by atoms with Crippen LogP contribution in [0.2, 0.25) is 0 Å². The highest BCUT2D eigenvalue weighted by Crippen LogP contribution is 2.27. The van der Waals surface area contributed by atoms with Crippen molar-refractivity contribution in [3.8, 4) is 0 Å². The SMILES string of the molecule is CN1CC(N2CC(C(=O)N3CCC(Cn4ccnn4)CC3)CC2=O)C1. The molecule has 2 amide bonds. The van der Waals surface area contributed by atoms with E-state index in [1.807, 2.05) is 20.7 Å². The molecule has 0 aromatic carbocycles. The Balaban J connectivity index is 1.27. The molecule has 3 saturated heterocycles. The van der Waals surface area contributed by atoms with E-state index in [0.717, 1.165) is 45.6 Å². The fourth-order valence-corrected chi connectivity index (χ4v) is 4.30. The van der Waals surface area contributed by atoms with Crippen molar-refractivity contribution in [3.63, 3.8) is 0 Å². The summed E-state index contributed by atoms with van der Waals surface area (Å²) in [6, 6.07) is 0.309. The Morgan fingerprint density at radius 1 is 1.24 bits per heavy atom. The molecule has 0 saturated carbocycles. The van der Waals surface area contributed by atoms with Gasteiger partial charge in [-0.15, -0.1) is 5.10 Å². The van der Waals surface area contributed by atoms with Crippen molar-refractivity contribution in [1.82, 2.24) is 29.7 Å². The highest BCUT2D eigenvalue weighted by molar-refractivity contribution is 5.89. The number of aromatic nitrogens is 3. The molecular formula is C17H26N6O2. The molecule has 3 aliphatic rings. The van der Waals surface area contributed by atoms with Gasteiger partial charge in [-0.2, -0.15) is 0 Å². The van der Waals surface area contributed by atoms with Crippen molar-refractivity contribution in [1.29, 1.82) is 0 Å². The molecule has 8 nitrogen and oxygen atoms in total. The molecule has 0 radical (unpaired) electrons. The summed E-state index contributed by atoms with van der Waals surface area (Å²) in [6.45, 7) is 4.91. The Labute approximate surface area is 147 Å². The zero-order valence-corrected chi connectivity index (χ0v) is 14.8. The number of carbonyl (C=O) groups is 2. The summed E-state index contributed by atoms with van der Waals surface area (Å²) < 4.78 is 1.87. The van der Waals surface area contributed by atoms with E-state index in [1.54, 1.807) is 6.20 Å². The Kier molecular flexibility index (Phi) is 4.45. The van der Waals surface area contributed by atoms with Crippen LogP contribution >= 0.6 is 0 Å². The number of hydrogen-bond donors (Lipinski definition) is 0. The van der Waals surface area contributed by atoms with Crippen LogP contribution in [0.3, 0.4) is 0 Å². The normalized spacial score (nSPS) is 26.3. The summed E-state index contributed by atoms with van der Waals surface area (Å²) in [5.74, 6) is 0.712. The maximum Gasteiger partial charge on any atom is 0.227 e. The molecule has 4 heterocycles. The molecule has 1 atom stereocenters. The number of likely N-dealkylation sites (N-methyl/N-ethyl adjacent to an activating group) is 1. The lowest BCUT2D eigenvalue weighted by Crippen LogP contribution is -2.58. The molecule has 1 unspecified atom stereocenters. The van der Waals surface area contributed by atoms with Gasteiger partial charge in [0.25, 0.3) is 0 Å². The van der Waals surface area contributed by atoms with Crippen molar-refractivity contribution in [3.05, 3.63) is 12.4 Å². The maximum absolute atomic E-state index is 12.8. The number of nitrogens with zero attached hydrogens (tertiary/aromatic N) is 6. The summed E-state index contributed by atoms with van der Waals surface area (Å²) in [5.41, 5.74) is 0. The summed E-state index contributed by atoms with van der Waals surface area (Å²) >= 11 is 0. The Bertz CT molecular complexity index is 619. The van der Waals surface area contributed by atoms with Crippen molar-refractivity contribution in [2.45, 2.75) is 31.8 Å². The van der Waals surface area contributed by atoms with Crippen LogP contribution in [0.15, 0.2) is 12.4 Å². The fourth-order valence-electron chi connectivity index (χ4n) is 4.30. The Morgan fingerprint density at radius 3 is 2.64 bits per heavy atom. The number of likely N-dealkylation sites (tertiary alicyclic amines) is 3. The van der Waals surface area contributed by atoms with E-state index in [1.165, 1.54) is 0 Å². The molecular weight excluding hydrogens is 320 g/mol. The number of hydrogen-bond acceptors (Lipinski definition) is 5. The van der Waals surface area contributed by atoms with Crippen LogP contribution in [0.1, 0.15) is 19.3 Å². The minimum atomic E-state index is -0.148. The molecule has 1 aromatic heterocycles. The third-order valence-electron chi connectivity index (χ3n) is 5.84. The topological polar surface area (TPSA) is 74.6 Å². The lowest BCUT2D eigenvalue weighted by atomic mass is 9.95. The molecule has 4 rings (SSSR count). The molecule has 0 aliphatic carbocycles. The average Bonchev–Trinajstić information content (AvgIpc) is 3.22. The first-order valence-corrected chi connectivity index (χ1v) is 9.21. The van der Waals surface area contributed by atoms with Gasteiger partial charge in [-0.05, 0) is 25.8 Å². The quantitative estimate of drug-likeness (QED) is 0.747. The van der Waals surface area contributed by atoms with Crippen LogP contribution in [0.5, 0.6) is 0 Å². The smallest absolute Gasteiger partial charge is 0.227 e. The van der Waals surface area contributed by atoms with Gasteiger partial charge in [0.1, 0.15) is 0 Å². The lowest BCUT2D eigenvalue weighted by molar-refractivity contribution is -0.137. The first-order chi connectivity index (χ1) is 12.1. The summed E-state index contributed by atoms with van der Waals surface area (Å²) in [7, 11) is 2.06. The predicted molar refractivity (Wildman–Crippen MR) is 90.4 cm³/mol. The summed E-state index contributed by atoms with van der Waals surface area (Å²) in [4.78, 5) is 31.2. The minimum absolute atomic E-state index is 0.148. The van der Waals surface area contributed by atoms with Gasteiger partial charge in [-0.1, -0.05) is 5.21 Å². The van der Waals surface area contributed by atoms with E-state index in [0.29, 0.717) is 24.9 Å². The zero-order valence-electron chi connectivity index (χ0n) is 14.8. The standard InChI is InChI=1S/C17H26N6O2/c1-20-11-15(12-20)23-10-14(8-16(23)24)17(25)21-5-2-13(3-6-21)9-22-7-4-18-19-22/h4,7,13-15H,2-3,5-6,8-12H2,1H3. The van der Waals surface area contributed by atoms with E-state index >= 15 is 0 Å². The first kappa shape index (κ1) is 16.5. The molecule has 0 N–H and O–H groups in total. The molecule has 3 fully saturated rings. The molecule has 25 heavy (non-hydrogen) atoms. The summed E-state index contributed by atoms with van der Waals surface area (Å²) in [5, 5.41) is 7.86. The number of amides is 2. The van der Waals surface area contributed by atoms with Crippen molar-refractivity contribution < 1.29 is 9.59 Å². The first-order valence-electron chi connectivity index (χ1n) is 9.21. The van der Waals surface area contributed by atoms with Crippen LogP contribution in [0, 0.1) is 11.8 Å². The van der Waals surface area contributed by atoms with E-state index in [-0.39, 0.29) is 17.7 Å². The second-order valence-electron chi connectivity index (χ2n) is 7.72. The van der Waals surface area contributed by atoms with Gasteiger partial charge < -0.3 is 14.7 Å². The predicted octanol–water partition coefficient (Wildman–Crippen LogP) is -0.321. The van der Waals surface area contributed by atoms with Gasteiger partial charge in [0.15, 0.2) is 0 Å². The lowest BCUT2D eigenvalue weighted by Gasteiger charge is -2.42. The van der Waals surface area contributed by atoms with Gasteiger partial charge in [0.2, 0.25) is 11.8 Å². The second-order valence-corrected chi connectivity index (χ2v) is 7.72. The largest absolute Gasteiger partial charge is 0.342 e. The van der Waals surface area contributed by atoms with E-state index < -0.39 is 0 Å². The third-order valence-corrected chi connectivity index (χ3v) is 5.84. The highest BCUT2D eigenvalue weighted by Gasteiger charge is 2.42. The van der Waals surface area contributed by atoms with Gasteiger partial charge >= 0.3 is 0 Å². The summed E-state index contributed by atoms with van der Waals surface area (Å²) in [6.07, 6.45) is 5.94. The molecule has 0 bridgehead atoms. The van der Waals surface area contributed by atoms with Crippen LogP contribution in [0.4, 0.5) is 0 Å².